The van der Waals surface area contributed by atoms with E-state index in [2.05, 4.69) is 146 Å². The van der Waals surface area contributed by atoms with Gasteiger partial charge in [-0.05, 0) is 88.2 Å². The topological polar surface area (TPSA) is 9.86 Å². The largest absolute Gasteiger partial charge is 0.309 e. The van der Waals surface area contributed by atoms with E-state index in [1.54, 1.807) is 0 Å². The lowest BCUT2D eigenvalue weighted by atomic mass is 9.70. The highest BCUT2D eigenvalue weighted by atomic mass is 15.0. The van der Waals surface area contributed by atoms with Gasteiger partial charge in [0.05, 0.1) is 33.6 Å². The summed E-state index contributed by atoms with van der Waals surface area (Å²) < 4.78 is 5.05. The molecule has 1 aliphatic carbocycles. The monoisotopic (exact) mass is 566 g/mol. The molecule has 0 unspecified atom stereocenters. The van der Waals surface area contributed by atoms with Crippen LogP contribution in [0.1, 0.15) is 62.1 Å². The molecule has 5 aromatic carbocycles. The molecule has 0 radical (unpaired) electrons. The second kappa shape index (κ2) is 8.01. The Morgan fingerprint density at radius 3 is 2.16 bits per heavy atom. The number of aryl methyl sites for hydroxylation is 1. The molecule has 4 heterocycles. The van der Waals surface area contributed by atoms with Crippen molar-refractivity contribution >= 4 is 38.3 Å². The van der Waals surface area contributed by atoms with E-state index in [4.69, 9.17) is 0 Å². The molecule has 3 aliphatic rings. The molecule has 212 valence electrons. The predicted molar refractivity (Wildman–Crippen MR) is 185 cm³/mol. The first-order valence-corrected chi connectivity index (χ1v) is 16.0. The Bertz CT molecular complexity index is 2440. The van der Waals surface area contributed by atoms with Crippen LogP contribution in [0, 0.1) is 0 Å². The lowest BCUT2D eigenvalue weighted by Gasteiger charge is -2.39. The van der Waals surface area contributed by atoms with Gasteiger partial charge in [0, 0.05) is 27.0 Å². The fraction of sp³-hybridized carbons (Fsp3) is 0.190. The van der Waals surface area contributed by atoms with Crippen LogP contribution in [0.2, 0.25) is 0 Å². The van der Waals surface area contributed by atoms with Crippen molar-refractivity contribution in [1.29, 1.82) is 0 Å². The summed E-state index contributed by atoms with van der Waals surface area (Å²) in [6.07, 6.45) is 4.73. The number of para-hydroxylation sites is 3. The molecule has 10 rings (SSSR count). The van der Waals surface area contributed by atoms with Crippen LogP contribution < -0.4 is 0 Å². The Hall–Kier alpha value is -4.82. The second-order valence-corrected chi connectivity index (χ2v) is 14.1. The molecule has 0 fully saturated rings. The Balaban J connectivity index is 1.22. The highest BCUT2D eigenvalue weighted by Gasteiger charge is 2.40. The minimum Gasteiger partial charge on any atom is -0.309 e. The maximum absolute atomic E-state index is 2.55. The van der Waals surface area contributed by atoms with Gasteiger partial charge in [-0.1, -0.05) is 101 Å². The number of aromatic nitrogens is 2. The van der Waals surface area contributed by atoms with E-state index >= 15 is 0 Å². The first-order valence-electron chi connectivity index (χ1n) is 16.0. The summed E-state index contributed by atoms with van der Waals surface area (Å²) >= 11 is 0. The van der Waals surface area contributed by atoms with Gasteiger partial charge in [-0.25, -0.2) is 0 Å². The minimum atomic E-state index is -0.0754. The molecule has 2 heteroatoms. The Labute approximate surface area is 257 Å². The molecule has 7 aromatic rings. The van der Waals surface area contributed by atoms with E-state index in [9.17, 15) is 0 Å². The fourth-order valence-electron chi connectivity index (χ4n) is 9.00. The van der Waals surface area contributed by atoms with Gasteiger partial charge in [-0.2, -0.15) is 0 Å². The molecule has 44 heavy (non-hydrogen) atoms. The van der Waals surface area contributed by atoms with Crippen molar-refractivity contribution in [3.05, 3.63) is 137 Å². The zero-order valence-electron chi connectivity index (χ0n) is 25.7. The summed E-state index contributed by atoms with van der Waals surface area (Å²) in [5.74, 6) is 0. The molecule has 2 aliphatic heterocycles. The normalized spacial score (nSPS) is 17.0. The van der Waals surface area contributed by atoms with Crippen molar-refractivity contribution < 1.29 is 0 Å². The highest BCUT2D eigenvalue weighted by Crippen LogP contribution is 2.53. The predicted octanol–water partition coefficient (Wildman–Crippen LogP) is 10.7. The van der Waals surface area contributed by atoms with Gasteiger partial charge < -0.3 is 9.13 Å². The van der Waals surface area contributed by atoms with Gasteiger partial charge in [0.15, 0.2) is 0 Å². The molecule has 0 amide bonds. The van der Waals surface area contributed by atoms with Gasteiger partial charge in [-0.15, -0.1) is 0 Å². The van der Waals surface area contributed by atoms with Crippen molar-refractivity contribution in [2.75, 3.05) is 0 Å². The first kappa shape index (κ1) is 24.6. The maximum atomic E-state index is 2.55. The third-order valence-corrected chi connectivity index (χ3v) is 11.2. The molecule has 0 spiro atoms. The van der Waals surface area contributed by atoms with Crippen LogP contribution in [0.3, 0.4) is 0 Å². The first-order chi connectivity index (χ1) is 21.4. The molecule has 0 atom stereocenters. The van der Waals surface area contributed by atoms with Crippen LogP contribution in [0.5, 0.6) is 0 Å². The highest BCUT2D eigenvalue weighted by molar-refractivity contribution is 6.12. The van der Waals surface area contributed by atoms with Gasteiger partial charge >= 0.3 is 0 Å². The van der Waals surface area contributed by atoms with Gasteiger partial charge in [0.25, 0.3) is 0 Å². The third-order valence-electron chi connectivity index (χ3n) is 11.2. The van der Waals surface area contributed by atoms with Gasteiger partial charge in [0.2, 0.25) is 0 Å². The van der Waals surface area contributed by atoms with Crippen LogP contribution in [-0.2, 0) is 17.3 Å². The van der Waals surface area contributed by atoms with Crippen LogP contribution in [-0.4, -0.2) is 9.13 Å². The summed E-state index contributed by atoms with van der Waals surface area (Å²) in [6, 6.07) is 39.1. The third kappa shape index (κ3) is 2.83. The average molecular weight is 567 g/mol. The standard InChI is InChI=1S/C42H34N2/c1-41(2)31-14-6-8-18-37(31)44-36-21-19-25(23-30(36)29-13-10-15-32(41)40(29)44)26-20-22-38-34(24-26)42(3,4)33-16-9-12-28-27-11-5-7-17-35(27)43(38)39(28)33/h5-8,10-11,13-24H,9,12H2,1-4H3. The number of hydrogen-bond acceptors (Lipinski definition) is 0. The average Bonchev–Trinajstić information content (AvgIpc) is 3.56. The quantitative estimate of drug-likeness (QED) is 0.187. The number of hydrogen-bond donors (Lipinski definition) is 0. The summed E-state index contributed by atoms with van der Waals surface area (Å²) in [5.41, 5.74) is 17.6. The van der Waals surface area contributed by atoms with Crippen LogP contribution in [0.4, 0.5) is 0 Å². The zero-order valence-corrected chi connectivity index (χ0v) is 25.7. The summed E-state index contributed by atoms with van der Waals surface area (Å²) in [5, 5.41) is 4.06. The molecule has 0 saturated carbocycles. The van der Waals surface area contributed by atoms with Crippen LogP contribution in [0.25, 0.3) is 60.8 Å². The van der Waals surface area contributed by atoms with Crippen molar-refractivity contribution in [2.24, 2.45) is 0 Å². The molecule has 0 N–H and O–H groups in total. The molecular formula is C42H34N2. The van der Waals surface area contributed by atoms with Crippen LogP contribution >= 0.6 is 0 Å². The van der Waals surface area contributed by atoms with E-state index in [1.807, 2.05) is 0 Å². The Morgan fingerprint density at radius 2 is 1.25 bits per heavy atom. The number of nitrogens with zero attached hydrogens (tertiary/aromatic N) is 2. The molecule has 2 nitrogen and oxygen atoms in total. The Morgan fingerprint density at radius 1 is 0.545 bits per heavy atom. The van der Waals surface area contributed by atoms with Gasteiger partial charge in [-0.3, -0.25) is 0 Å². The van der Waals surface area contributed by atoms with Crippen molar-refractivity contribution in [3.8, 4) is 22.5 Å². The lowest BCUT2D eigenvalue weighted by Crippen LogP contribution is -2.29. The fourth-order valence-corrected chi connectivity index (χ4v) is 9.00. The summed E-state index contributed by atoms with van der Waals surface area (Å²) in [7, 11) is 0. The number of fused-ring (bicyclic) bond motifs is 10. The van der Waals surface area contributed by atoms with Crippen molar-refractivity contribution in [2.45, 2.75) is 51.4 Å². The molecular weight excluding hydrogens is 532 g/mol. The molecule has 0 saturated heterocycles. The smallest absolute Gasteiger partial charge is 0.0582 e. The van der Waals surface area contributed by atoms with E-state index < -0.39 is 0 Å². The maximum Gasteiger partial charge on any atom is 0.0582 e. The SMILES string of the molecule is CC1(C)C2=CCCc3c2n(c2ccccc32)-c2ccc(-c3ccc4c(c3)c3cccc5c3n4-c3ccccc3C5(C)C)cc21. The van der Waals surface area contributed by atoms with E-state index in [1.165, 1.54) is 88.7 Å². The minimum absolute atomic E-state index is 0.0530. The van der Waals surface area contributed by atoms with E-state index in [0.717, 1.165) is 12.8 Å². The second-order valence-electron chi connectivity index (χ2n) is 14.1. The molecule has 2 aromatic heterocycles. The van der Waals surface area contributed by atoms with Crippen LogP contribution in [0.15, 0.2) is 109 Å². The number of allylic oxidation sites excluding steroid dienone is 2. The summed E-state index contributed by atoms with van der Waals surface area (Å²) in [4.78, 5) is 0. The molecule has 0 bridgehead atoms. The van der Waals surface area contributed by atoms with E-state index in [0.29, 0.717) is 0 Å². The van der Waals surface area contributed by atoms with Crippen molar-refractivity contribution in [3.63, 3.8) is 0 Å². The number of benzene rings is 5. The lowest BCUT2D eigenvalue weighted by molar-refractivity contribution is 0.630. The van der Waals surface area contributed by atoms with Crippen molar-refractivity contribution in [1.82, 2.24) is 9.13 Å². The zero-order chi connectivity index (χ0) is 29.5. The number of rotatable bonds is 1. The van der Waals surface area contributed by atoms with E-state index in [-0.39, 0.29) is 10.8 Å². The van der Waals surface area contributed by atoms with Gasteiger partial charge in [0.1, 0.15) is 0 Å². The Kier molecular flexibility index (Phi) is 4.48. The summed E-state index contributed by atoms with van der Waals surface area (Å²) in [6.45, 7) is 9.58.